The van der Waals surface area contributed by atoms with Crippen LogP contribution in [0.5, 0.6) is 0 Å². The van der Waals surface area contributed by atoms with Gasteiger partial charge < -0.3 is 14.9 Å². The molecule has 2 fully saturated rings. The predicted octanol–water partition coefficient (Wildman–Crippen LogP) is 1.30. The van der Waals surface area contributed by atoms with Gasteiger partial charge in [-0.25, -0.2) is 0 Å². The van der Waals surface area contributed by atoms with Gasteiger partial charge in [-0.1, -0.05) is 19.0 Å². The Morgan fingerprint density at radius 3 is 2.87 bits per heavy atom. The van der Waals surface area contributed by atoms with E-state index in [0.29, 0.717) is 24.2 Å². The summed E-state index contributed by atoms with van der Waals surface area (Å²) in [5.41, 5.74) is 0.124. The van der Waals surface area contributed by atoms with Gasteiger partial charge in [0.1, 0.15) is 6.04 Å². The summed E-state index contributed by atoms with van der Waals surface area (Å²) in [7, 11) is 0. The molecular weight excluding hydrogens is 296 g/mol. The molecule has 0 saturated carbocycles. The fourth-order valence-corrected chi connectivity index (χ4v) is 3.84. The van der Waals surface area contributed by atoms with Gasteiger partial charge in [-0.2, -0.15) is 4.98 Å². The van der Waals surface area contributed by atoms with Gasteiger partial charge in [0.15, 0.2) is 5.82 Å². The van der Waals surface area contributed by atoms with Crippen LogP contribution in [0.3, 0.4) is 0 Å². The highest BCUT2D eigenvalue weighted by molar-refractivity contribution is 5.74. The second kappa shape index (κ2) is 6.57. The van der Waals surface area contributed by atoms with Crippen LogP contribution in [0, 0.1) is 11.3 Å². The van der Waals surface area contributed by atoms with Crippen LogP contribution in [0.15, 0.2) is 4.52 Å². The van der Waals surface area contributed by atoms with Crippen molar-refractivity contribution in [2.24, 2.45) is 11.3 Å². The zero-order chi connectivity index (χ0) is 16.4. The number of hydrogen-bond donors (Lipinski definition) is 2. The Morgan fingerprint density at radius 1 is 1.48 bits per heavy atom. The van der Waals surface area contributed by atoms with E-state index >= 15 is 0 Å². The number of hydrogen-bond acceptors (Lipinski definition) is 6. The van der Waals surface area contributed by atoms with Gasteiger partial charge in [0.05, 0.1) is 6.54 Å². The number of aromatic nitrogens is 2. The first kappa shape index (κ1) is 16.4. The zero-order valence-electron chi connectivity index (χ0n) is 13.9. The molecular formula is C16H26N4O3. The largest absolute Gasteiger partial charge is 0.480 e. The van der Waals surface area contributed by atoms with E-state index in [1.165, 1.54) is 0 Å². The number of rotatable bonds is 5. The highest BCUT2D eigenvalue weighted by Gasteiger charge is 2.47. The van der Waals surface area contributed by atoms with Crippen LogP contribution in [-0.4, -0.2) is 51.8 Å². The standard InChI is InChI=1S/C16H26N4O3/c1-11(2)7-14-18-13(19-23-14)9-20-10-16(3-5-17-6-4-16)8-12(20)15(21)22/h11-12,17H,3-10H2,1-2H3,(H,21,22)/t12-/m0/s1. The molecule has 1 aromatic rings. The summed E-state index contributed by atoms with van der Waals surface area (Å²) in [6.07, 6.45) is 3.56. The van der Waals surface area contributed by atoms with Crippen molar-refractivity contribution in [1.82, 2.24) is 20.4 Å². The number of carboxylic acid groups (broad SMARTS) is 1. The minimum absolute atomic E-state index is 0.124. The van der Waals surface area contributed by atoms with Crippen LogP contribution >= 0.6 is 0 Å². The third kappa shape index (κ3) is 3.72. The second-order valence-electron chi connectivity index (χ2n) is 7.42. The Hall–Kier alpha value is -1.47. The summed E-state index contributed by atoms with van der Waals surface area (Å²) in [6.45, 7) is 7.41. The maximum Gasteiger partial charge on any atom is 0.320 e. The van der Waals surface area contributed by atoms with E-state index in [4.69, 9.17) is 4.52 Å². The van der Waals surface area contributed by atoms with E-state index in [0.717, 1.165) is 45.3 Å². The van der Waals surface area contributed by atoms with E-state index in [2.05, 4.69) is 29.3 Å². The van der Waals surface area contributed by atoms with E-state index in [-0.39, 0.29) is 5.41 Å². The number of nitrogens with one attached hydrogen (secondary N) is 1. The van der Waals surface area contributed by atoms with Crippen molar-refractivity contribution >= 4 is 5.97 Å². The van der Waals surface area contributed by atoms with Gasteiger partial charge in [-0.05, 0) is 43.7 Å². The summed E-state index contributed by atoms with van der Waals surface area (Å²) in [4.78, 5) is 18.1. The zero-order valence-corrected chi connectivity index (χ0v) is 13.9. The first-order valence-corrected chi connectivity index (χ1v) is 8.46. The highest BCUT2D eigenvalue weighted by Crippen LogP contribution is 2.42. The van der Waals surface area contributed by atoms with Gasteiger partial charge in [-0.15, -0.1) is 0 Å². The molecule has 0 radical (unpaired) electrons. The van der Waals surface area contributed by atoms with E-state index in [9.17, 15) is 9.90 Å². The lowest BCUT2D eigenvalue weighted by molar-refractivity contribution is -0.142. The Morgan fingerprint density at radius 2 is 2.22 bits per heavy atom. The molecule has 2 saturated heterocycles. The summed E-state index contributed by atoms with van der Waals surface area (Å²) in [6, 6.07) is -0.444. The lowest BCUT2D eigenvalue weighted by Gasteiger charge is -2.33. The van der Waals surface area contributed by atoms with E-state index in [1.807, 2.05) is 4.90 Å². The normalized spacial score (nSPS) is 24.6. The molecule has 0 aromatic carbocycles. The van der Waals surface area contributed by atoms with E-state index in [1.54, 1.807) is 0 Å². The lowest BCUT2D eigenvalue weighted by Crippen LogP contribution is -2.38. The van der Waals surface area contributed by atoms with Crippen molar-refractivity contribution in [3.8, 4) is 0 Å². The number of likely N-dealkylation sites (tertiary alicyclic amines) is 1. The molecule has 2 aliphatic rings. The van der Waals surface area contributed by atoms with Crippen molar-refractivity contribution in [2.75, 3.05) is 19.6 Å². The van der Waals surface area contributed by atoms with Crippen molar-refractivity contribution < 1.29 is 14.4 Å². The Labute approximate surface area is 136 Å². The fraction of sp³-hybridized carbons (Fsp3) is 0.812. The summed E-state index contributed by atoms with van der Waals surface area (Å²) in [5, 5.41) is 17.0. The number of nitrogens with zero attached hydrogens (tertiary/aromatic N) is 3. The number of aliphatic carboxylic acids is 1. The summed E-state index contributed by atoms with van der Waals surface area (Å²) >= 11 is 0. The van der Waals surface area contributed by atoms with Crippen LogP contribution in [0.2, 0.25) is 0 Å². The smallest absolute Gasteiger partial charge is 0.320 e. The van der Waals surface area contributed by atoms with Crippen LogP contribution < -0.4 is 5.32 Å². The van der Waals surface area contributed by atoms with Gasteiger partial charge >= 0.3 is 5.97 Å². The van der Waals surface area contributed by atoms with E-state index < -0.39 is 12.0 Å². The number of carboxylic acids is 1. The first-order valence-electron chi connectivity index (χ1n) is 8.46. The number of carbonyl (C=O) groups is 1. The molecule has 0 aliphatic carbocycles. The Kier molecular flexibility index (Phi) is 4.68. The minimum Gasteiger partial charge on any atom is -0.480 e. The SMILES string of the molecule is CC(C)Cc1nc(CN2CC3(CCNCC3)C[C@H]2C(=O)O)no1. The molecule has 2 N–H and O–H groups in total. The average Bonchev–Trinajstić information content (AvgIpc) is 3.05. The Balaban J connectivity index is 1.69. The number of piperidine rings is 1. The van der Waals surface area contributed by atoms with Crippen molar-refractivity contribution in [3.05, 3.63) is 11.7 Å². The van der Waals surface area contributed by atoms with Crippen LogP contribution in [-0.2, 0) is 17.8 Å². The molecule has 23 heavy (non-hydrogen) atoms. The topological polar surface area (TPSA) is 91.5 Å². The van der Waals surface area contributed by atoms with Crippen molar-refractivity contribution in [1.29, 1.82) is 0 Å². The molecule has 1 spiro atoms. The van der Waals surface area contributed by atoms with Crippen molar-refractivity contribution in [2.45, 2.75) is 52.1 Å². The second-order valence-corrected chi connectivity index (χ2v) is 7.42. The molecule has 3 heterocycles. The molecule has 7 heteroatoms. The molecule has 128 valence electrons. The van der Waals surface area contributed by atoms with Gasteiger partial charge in [0, 0.05) is 13.0 Å². The first-order chi connectivity index (χ1) is 11.0. The third-order valence-corrected chi connectivity index (χ3v) is 4.99. The molecule has 0 amide bonds. The predicted molar refractivity (Wildman–Crippen MR) is 83.8 cm³/mol. The molecule has 7 nitrogen and oxygen atoms in total. The average molecular weight is 322 g/mol. The minimum atomic E-state index is -0.744. The molecule has 1 aromatic heterocycles. The van der Waals surface area contributed by atoms with Gasteiger partial charge in [0.25, 0.3) is 0 Å². The lowest BCUT2D eigenvalue weighted by atomic mass is 9.77. The van der Waals surface area contributed by atoms with Crippen LogP contribution in [0.1, 0.15) is 44.8 Å². The Bertz CT molecular complexity index is 551. The van der Waals surface area contributed by atoms with Gasteiger partial charge in [-0.3, -0.25) is 9.69 Å². The third-order valence-electron chi connectivity index (χ3n) is 4.99. The van der Waals surface area contributed by atoms with Gasteiger partial charge in [0.2, 0.25) is 5.89 Å². The molecule has 2 aliphatic heterocycles. The summed E-state index contributed by atoms with van der Waals surface area (Å²) in [5.74, 6) is 0.946. The molecule has 0 unspecified atom stereocenters. The molecule has 3 rings (SSSR count). The van der Waals surface area contributed by atoms with Crippen LogP contribution in [0.4, 0.5) is 0 Å². The highest BCUT2D eigenvalue weighted by atomic mass is 16.5. The van der Waals surface area contributed by atoms with Crippen LogP contribution in [0.25, 0.3) is 0 Å². The maximum absolute atomic E-state index is 11.7. The van der Waals surface area contributed by atoms with Crippen molar-refractivity contribution in [3.63, 3.8) is 0 Å². The quantitative estimate of drug-likeness (QED) is 0.844. The molecule has 1 atom stereocenters. The maximum atomic E-state index is 11.7. The monoisotopic (exact) mass is 322 g/mol. The fourth-order valence-electron chi connectivity index (χ4n) is 3.84. The molecule has 0 bridgehead atoms. The summed E-state index contributed by atoms with van der Waals surface area (Å²) < 4.78 is 5.27.